The normalized spacial score (nSPS) is 12.8. The molecule has 0 aliphatic heterocycles. The van der Waals surface area contributed by atoms with Crippen LogP contribution in [0.15, 0.2) is 21.6 Å². The van der Waals surface area contributed by atoms with Gasteiger partial charge in [0.25, 0.3) is 5.91 Å². The first kappa shape index (κ1) is 13.1. The number of hydrogen-bond donors (Lipinski definition) is 2. The topological polar surface area (TPSA) is 62.5 Å². The first-order chi connectivity index (χ1) is 7.54. The summed E-state index contributed by atoms with van der Waals surface area (Å²) in [5.41, 5.74) is 0. The van der Waals surface area contributed by atoms with Gasteiger partial charge in [0.2, 0.25) is 0 Å². The number of carbonyl (C=O) groups is 1. The Labute approximate surface area is 99.4 Å². The zero-order chi connectivity index (χ0) is 12.1. The van der Waals surface area contributed by atoms with E-state index in [1.165, 1.54) is 11.8 Å². The Balaban J connectivity index is 2.46. The van der Waals surface area contributed by atoms with Gasteiger partial charge in [-0.3, -0.25) is 4.79 Å². The van der Waals surface area contributed by atoms with Crippen LogP contribution in [0.3, 0.4) is 0 Å². The maximum atomic E-state index is 11.6. The zero-order valence-electron chi connectivity index (χ0n) is 9.69. The second kappa shape index (κ2) is 5.96. The van der Waals surface area contributed by atoms with E-state index < -0.39 is 6.10 Å². The zero-order valence-corrected chi connectivity index (χ0v) is 10.5. The molecule has 0 fully saturated rings. The molecule has 0 aromatic carbocycles. The van der Waals surface area contributed by atoms with E-state index in [-0.39, 0.29) is 24.1 Å². The van der Waals surface area contributed by atoms with Crippen LogP contribution in [0.25, 0.3) is 0 Å². The van der Waals surface area contributed by atoms with Crippen molar-refractivity contribution in [1.82, 2.24) is 5.32 Å². The van der Waals surface area contributed by atoms with Crippen LogP contribution in [-0.4, -0.2) is 29.9 Å². The highest BCUT2D eigenvalue weighted by molar-refractivity contribution is 7.98. The smallest absolute Gasteiger partial charge is 0.287 e. The number of furan rings is 1. The van der Waals surface area contributed by atoms with Crippen molar-refractivity contribution in [3.05, 3.63) is 17.9 Å². The van der Waals surface area contributed by atoms with E-state index in [9.17, 15) is 9.90 Å². The van der Waals surface area contributed by atoms with Crippen molar-refractivity contribution < 1.29 is 14.3 Å². The lowest BCUT2D eigenvalue weighted by atomic mass is 10.1. The lowest BCUT2D eigenvalue weighted by Crippen LogP contribution is -2.34. The number of aliphatic hydroxyl groups excluding tert-OH is 1. The summed E-state index contributed by atoms with van der Waals surface area (Å²) in [5.74, 6) is 0.110. The lowest BCUT2D eigenvalue weighted by Gasteiger charge is -2.14. The molecule has 0 bridgehead atoms. The van der Waals surface area contributed by atoms with E-state index in [1.807, 2.05) is 20.1 Å². The molecule has 0 aliphatic carbocycles. The van der Waals surface area contributed by atoms with Gasteiger partial charge in [0, 0.05) is 6.54 Å². The standard InChI is InChI=1S/C11H17NO3S/c1-7(2)8(13)6-12-11(14)9-4-5-10(15-9)16-3/h4-5,7-8,13H,6H2,1-3H3,(H,12,14). The molecule has 1 aromatic heterocycles. The summed E-state index contributed by atoms with van der Waals surface area (Å²) >= 11 is 1.44. The maximum absolute atomic E-state index is 11.6. The van der Waals surface area contributed by atoms with E-state index in [4.69, 9.17) is 4.42 Å². The summed E-state index contributed by atoms with van der Waals surface area (Å²) < 4.78 is 5.26. The molecule has 0 saturated carbocycles. The molecule has 4 nitrogen and oxygen atoms in total. The average Bonchev–Trinajstić information content (AvgIpc) is 2.73. The van der Waals surface area contributed by atoms with Gasteiger partial charge < -0.3 is 14.8 Å². The van der Waals surface area contributed by atoms with Crippen molar-refractivity contribution in [2.24, 2.45) is 5.92 Å². The van der Waals surface area contributed by atoms with Gasteiger partial charge in [-0.15, -0.1) is 0 Å². The fourth-order valence-electron chi connectivity index (χ4n) is 1.07. The van der Waals surface area contributed by atoms with Gasteiger partial charge in [-0.05, 0) is 24.3 Å². The molecule has 0 spiro atoms. The molecular formula is C11H17NO3S. The molecule has 1 heterocycles. The van der Waals surface area contributed by atoms with Gasteiger partial charge in [-0.25, -0.2) is 0 Å². The Morgan fingerprint density at radius 3 is 2.75 bits per heavy atom. The minimum Gasteiger partial charge on any atom is -0.445 e. The van der Waals surface area contributed by atoms with Gasteiger partial charge in [0.1, 0.15) is 0 Å². The molecule has 16 heavy (non-hydrogen) atoms. The molecule has 1 rings (SSSR count). The minimum atomic E-state index is -0.529. The Bertz CT molecular complexity index is 349. The molecule has 1 unspecified atom stereocenters. The number of carbonyl (C=O) groups excluding carboxylic acids is 1. The highest BCUT2D eigenvalue weighted by Gasteiger charge is 2.14. The first-order valence-corrected chi connectivity index (χ1v) is 6.37. The summed E-state index contributed by atoms with van der Waals surface area (Å²) in [6, 6.07) is 3.38. The number of nitrogens with one attached hydrogen (secondary N) is 1. The van der Waals surface area contributed by atoms with Crippen LogP contribution < -0.4 is 5.32 Å². The maximum Gasteiger partial charge on any atom is 0.287 e. The molecule has 1 atom stereocenters. The third-order valence-corrected chi connectivity index (χ3v) is 2.87. The van der Waals surface area contributed by atoms with Gasteiger partial charge in [-0.1, -0.05) is 25.6 Å². The van der Waals surface area contributed by atoms with E-state index in [2.05, 4.69) is 5.32 Å². The van der Waals surface area contributed by atoms with Crippen LogP contribution in [-0.2, 0) is 0 Å². The SMILES string of the molecule is CSc1ccc(C(=O)NCC(O)C(C)C)o1. The van der Waals surface area contributed by atoms with Gasteiger partial charge >= 0.3 is 0 Å². The van der Waals surface area contributed by atoms with E-state index >= 15 is 0 Å². The molecule has 90 valence electrons. The molecule has 0 saturated heterocycles. The largest absolute Gasteiger partial charge is 0.445 e. The highest BCUT2D eigenvalue weighted by atomic mass is 32.2. The number of rotatable bonds is 5. The van der Waals surface area contributed by atoms with Crippen molar-refractivity contribution in [3.8, 4) is 0 Å². The average molecular weight is 243 g/mol. The Morgan fingerprint density at radius 1 is 1.56 bits per heavy atom. The number of amides is 1. The van der Waals surface area contributed by atoms with Gasteiger partial charge in [0.15, 0.2) is 10.9 Å². The summed E-state index contributed by atoms with van der Waals surface area (Å²) in [7, 11) is 0. The van der Waals surface area contributed by atoms with Crippen molar-refractivity contribution in [2.75, 3.05) is 12.8 Å². The minimum absolute atomic E-state index is 0.124. The number of aliphatic hydroxyl groups is 1. The molecule has 0 aliphatic rings. The lowest BCUT2D eigenvalue weighted by molar-refractivity contribution is 0.0842. The Kier molecular flexibility index (Phi) is 4.89. The van der Waals surface area contributed by atoms with Crippen LogP contribution in [0.4, 0.5) is 0 Å². The number of hydrogen-bond acceptors (Lipinski definition) is 4. The quantitative estimate of drug-likeness (QED) is 0.773. The van der Waals surface area contributed by atoms with Crippen molar-refractivity contribution in [1.29, 1.82) is 0 Å². The molecular weight excluding hydrogens is 226 g/mol. The Morgan fingerprint density at radius 2 is 2.25 bits per heavy atom. The van der Waals surface area contributed by atoms with E-state index in [1.54, 1.807) is 12.1 Å². The predicted molar refractivity (Wildman–Crippen MR) is 63.7 cm³/mol. The monoisotopic (exact) mass is 243 g/mol. The Hall–Kier alpha value is -0.940. The molecule has 0 radical (unpaired) electrons. The molecule has 1 aromatic rings. The molecule has 2 N–H and O–H groups in total. The van der Waals surface area contributed by atoms with Gasteiger partial charge in [-0.2, -0.15) is 0 Å². The fourth-order valence-corrected chi connectivity index (χ4v) is 1.45. The fraction of sp³-hybridized carbons (Fsp3) is 0.545. The highest BCUT2D eigenvalue weighted by Crippen LogP contribution is 2.17. The second-order valence-electron chi connectivity index (χ2n) is 3.84. The first-order valence-electron chi connectivity index (χ1n) is 5.14. The molecule has 5 heteroatoms. The summed E-state index contributed by atoms with van der Waals surface area (Å²) in [6.45, 7) is 4.04. The van der Waals surface area contributed by atoms with Crippen LogP contribution in [0.2, 0.25) is 0 Å². The number of thioether (sulfide) groups is 1. The van der Waals surface area contributed by atoms with Crippen LogP contribution in [0.1, 0.15) is 24.4 Å². The second-order valence-corrected chi connectivity index (χ2v) is 4.65. The van der Waals surface area contributed by atoms with Crippen molar-refractivity contribution in [3.63, 3.8) is 0 Å². The third-order valence-electron chi connectivity index (χ3n) is 2.25. The van der Waals surface area contributed by atoms with E-state index in [0.717, 1.165) is 0 Å². The summed E-state index contributed by atoms with van der Waals surface area (Å²) in [5, 5.41) is 12.9. The van der Waals surface area contributed by atoms with E-state index in [0.29, 0.717) is 5.09 Å². The molecule has 1 amide bonds. The van der Waals surface area contributed by atoms with Crippen LogP contribution in [0.5, 0.6) is 0 Å². The predicted octanol–water partition coefficient (Wildman–Crippen LogP) is 1.75. The summed E-state index contributed by atoms with van der Waals surface area (Å²) in [6.07, 6.45) is 1.35. The third kappa shape index (κ3) is 3.57. The summed E-state index contributed by atoms with van der Waals surface area (Å²) in [4.78, 5) is 11.6. The van der Waals surface area contributed by atoms with Crippen LogP contribution >= 0.6 is 11.8 Å². The van der Waals surface area contributed by atoms with Crippen molar-refractivity contribution >= 4 is 17.7 Å². The van der Waals surface area contributed by atoms with Crippen molar-refractivity contribution in [2.45, 2.75) is 25.0 Å². The van der Waals surface area contributed by atoms with Crippen LogP contribution in [0, 0.1) is 5.92 Å². The van der Waals surface area contributed by atoms with Gasteiger partial charge in [0.05, 0.1) is 6.10 Å².